The number of nitrogens with zero attached hydrogens (tertiary/aromatic N) is 2. The van der Waals surface area contributed by atoms with Crippen molar-refractivity contribution in [3.8, 4) is 23.6 Å². The van der Waals surface area contributed by atoms with E-state index in [1.165, 1.54) is 17.4 Å². The smallest absolute Gasteiger partial charge is 0.266 e. The van der Waals surface area contributed by atoms with E-state index < -0.39 is 5.91 Å². The van der Waals surface area contributed by atoms with Crippen LogP contribution >= 0.6 is 27.3 Å². The highest BCUT2D eigenvalue weighted by molar-refractivity contribution is 9.10. The minimum Gasteiger partial charge on any atom is -0.490 e. The normalized spacial score (nSPS) is 12.5. The molecular formula is C30H27BrN4O4S. The Kier molecular flexibility index (Phi) is 9.60. The Labute approximate surface area is 245 Å². The summed E-state index contributed by atoms with van der Waals surface area (Å²) in [5, 5.41) is 25.5. The summed E-state index contributed by atoms with van der Waals surface area (Å²) in [4.78, 5) is 26.6. The highest BCUT2D eigenvalue weighted by Gasteiger charge is 2.23. The first-order valence-corrected chi connectivity index (χ1v) is 14.4. The van der Waals surface area contributed by atoms with Gasteiger partial charge < -0.3 is 20.1 Å². The molecule has 40 heavy (non-hydrogen) atoms. The van der Waals surface area contributed by atoms with E-state index in [9.17, 15) is 20.1 Å². The fraction of sp³-hybridized carbons (Fsp3) is 0.267. The number of aryl methyl sites for hydroxylation is 2. The van der Waals surface area contributed by atoms with Crippen LogP contribution in [0.2, 0.25) is 0 Å². The molecule has 0 radical (unpaired) electrons. The molecule has 1 heterocycles. The van der Waals surface area contributed by atoms with Gasteiger partial charge in [-0.1, -0.05) is 17.7 Å². The van der Waals surface area contributed by atoms with Gasteiger partial charge in [-0.15, -0.1) is 11.3 Å². The number of carbonyl (C=O) groups excluding carboxylic acids is 2. The number of fused-ring (bicyclic) bond motifs is 1. The Balaban J connectivity index is 1.51. The van der Waals surface area contributed by atoms with Gasteiger partial charge in [-0.2, -0.15) is 10.5 Å². The summed E-state index contributed by atoms with van der Waals surface area (Å²) in [5.74, 6) is -0.261. The first-order chi connectivity index (χ1) is 19.3. The van der Waals surface area contributed by atoms with Gasteiger partial charge in [0.1, 0.15) is 22.7 Å². The molecule has 0 saturated heterocycles. The topological polar surface area (TPSA) is 124 Å². The molecule has 2 aromatic carbocycles. The number of anilines is 2. The summed E-state index contributed by atoms with van der Waals surface area (Å²) in [6.07, 6.45) is 5.23. The third-order valence-electron chi connectivity index (χ3n) is 6.20. The lowest BCUT2D eigenvalue weighted by Crippen LogP contribution is -2.20. The number of carbonyl (C=O) groups is 2. The summed E-state index contributed by atoms with van der Waals surface area (Å²) in [6.45, 7) is 3.86. The average molecular weight is 620 g/mol. The van der Waals surface area contributed by atoms with E-state index in [4.69, 9.17) is 9.47 Å². The van der Waals surface area contributed by atoms with Crippen LogP contribution in [-0.4, -0.2) is 25.0 Å². The number of nitrogens with one attached hydrogen (secondary N) is 2. The molecule has 0 atom stereocenters. The van der Waals surface area contributed by atoms with Crippen LogP contribution in [-0.2, 0) is 22.4 Å². The molecule has 8 nitrogen and oxygen atoms in total. The Morgan fingerprint density at radius 1 is 1.10 bits per heavy atom. The lowest BCUT2D eigenvalue weighted by molar-refractivity contribution is -0.118. The Bertz CT molecular complexity index is 1550. The summed E-state index contributed by atoms with van der Waals surface area (Å²) < 4.78 is 12.0. The van der Waals surface area contributed by atoms with E-state index in [-0.39, 0.29) is 18.1 Å². The molecule has 0 unspecified atom stereocenters. The second kappa shape index (κ2) is 13.3. The first-order valence-electron chi connectivity index (χ1n) is 12.8. The van der Waals surface area contributed by atoms with Crippen LogP contribution in [0.15, 0.2) is 46.4 Å². The van der Waals surface area contributed by atoms with Gasteiger partial charge in [-0.3, -0.25) is 9.59 Å². The van der Waals surface area contributed by atoms with Crippen molar-refractivity contribution in [1.29, 1.82) is 10.5 Å². The molecular weight excluding hydrogens is 592 g/mol. The predicted octanol–water partition coefficient (Wildman–Crippen LogP) is 6.53. The molecule has 0 saturated carbocycles. The molecule has 1 aliphatic rings. The van der Waals surface area contributed by atoms with Gasteiger partial charge in [-0.25, -0.2) is 0 Å². The maximum Gasteiger partial charge on any atom is 0.266 e. The number of hydrogen-bond acceptors (Lipinski definition) is 7. The number of thiophene rings is 1. The minimum absolute atomic E-state index is 0.129. The number of ether oxygens (including phenoxy) is 2. The SMILES string of the molecule is CCOc1cc(/C=C(\C#N)C(=O)Nc2sc3c(c2C#N)CCCC3)cc(Br)c1OCC(=O)Nc1ccc(C)cc1. The van der Waals surface area contributed by atoms with Crippen molar-refractivity contribution in [3.63, 3.8) is 0 Å². The zero-order valence-electron chi connectivity index (χ0n) is 22.1. The quantitative estimate of drug-likeness (QED) is 0.207. The second-order valence-electron chi connectivity index (χ2n) is 9.12. The first kappa shape index (κ1) is 28.9. The van der Waals surface area contributed by atoms with Gasteiger partial charge in [0, 0.05) is 10.6 Å². The molecule has 1 aliphatic carbocycles. The van der Waals surface area contributed by atoms with Crippen molar-refractivity contribution in [2.45, 2.75) is 39.5 Å². The zero-order chi connectivity index (χ0) is 28.6. The van der Waals surface area contributed by atoms with E-state index in [1.54, 1.807) is 12.1 Å². The lowest BCUT2D eigenvalue weighted by Gasteiger charge is -2.15. The second-order valence-corrected chi connectivity index (χ2v) is 11.1. The van der Waals surface area contributed by atoms with Gasteiger partial charge >= 0.3 is 0 Å². The predicted molar refractivity (Wildman–Crippen MR) is 159 cm³/mol. The highest BCUT2D eigenvalue weighted by Crippen LogP contribution is 2.39. The summed E-state index contributed by atoms with van der Waals surface area (Å²) in [6, 6.07) is 14.9. The molecule has 0 spiro atoms. The van der Waals surface area contributed by atoms with Gasteiger partial charge in [0.2, 0.25) is 0 Å². The summed E-state index contributed by atoms with van der Waals surface area (Å²) in [7, 11) is 0. The zero-order valence-corrected chi connectivity index (χ0v) is 24.5. The van der Waals surface area contributed by atoms with E-state index in [0.717, 1.165) is 41.7 Å². The standard InChI is InChI=1S/C30H27BrN4O4S/c1-3-38-25-14-19(13-24(31)28(25)39-17-27(36)34-21-10-8-18(2)9-11-21)12-20(15-32)29(37)35-30-23(16-33)22-6-4-5-7-26(22)40-30/h8-14H,3-7,17H2,1-2H3,(H,34,36)(H,35,37)/b20-12+. The molecule has 0 aliphatic heterocycles. The van der Waals surface area contributed by atoms with E-state index in [2.05, 4.69) is 32.6 Å². The monoisotopic (exact) mass is 618 g/mol. The van der Waals surface area contributed by atoms with Crippen molar-refractivity contribution in [1.82, 2.24) is 0 Å². The summed E-state index contributed by atoms with van der Waals surface area (Å²) in [5.41, 5.74) is 3.63. The van der Waals surface area contributed by atoms with Crippen molar-refractivity contribution in [3.05, 3.63) is 73.6 Å². The number of nitriles is 2. The molecule has 0 bridgehead atoms. The van der Waals surface area contributed by atoms with E-state index >= 15 is 0 Å². The molecule has 204 valence electrons. The van der Waals surface area contributed by atoms with Crippen LogP contribution < -0.4 is 20.1 Å². The number of hydrogen-bond donors (Lipinski definition) is 2. The molecule has 2 N–H and O–H groups in total. The largest absolute Gasteiger partial charge is 0.490 e. The number of amides is 2. The third-order valence-corrected chi connectivity index (χ3v) is 8.00. The Morgan fingerprint density at radius 2 is 1.85 bits per heavy atom. The summed E-state index contributed by atoms with van der Waals surface area (Å²) >= 11 is 4.87. The maximum atomic E-state index is 13.0. The highest BCUT2D eigenvalue weighted by atomic mass is 79.9. The molecule has 2 amide bonds. The number of rotatable bonds is 9. The van der Waals surface area contributed by atoms with Crippen LogP contribution in [0.1, 0.15) is 46.9 Å². The van der Waals surface area contributed by atoms with Gasteiger partial charge in [0.05, 0.1) is 16.6 Å². The molecule has 3 aromatic rings. The Hall–Kier alpha value is -4.12. The third kappa shape index (κ3) is 6.90. The van der Waals surface area contributed by atoms with Crippen LogP contribution in [0.4, 0.5) is 10.7 Å². The van der Waals surface area contributed by atoms with Crippen LogP contribution in [0, 0.1) is 29.6 Å². The molecule has 1 aromatic heterocycles. The molecule has 10 heteroatoms. The van der Waals surface area contributed by atoms with Crippen LogP contribution in [0.3, 0.4) is 0 Å². The van der Waals surface area contributed by atoms with Crippen molar-refractivity contribution in [2.24, 2.45) is 0 Å². The fourth-order valence-corrected chi connectivity index (χ4v) is 6.11. The van der Waals surface area contributed by atoms with Gasteiger partial charge in [-0.05, 0) is 96.9 Å². The van der Waals surface area contributed by atoms with Gasteiger partial charge in [0.25, 0.3) is 11.8 Å². The van der Waals surface area contributed by atoms with Crippen molar-refractivity contribution >= 4 is 55.8 Å². The minimum atomic E-state index is -0.597. The number of benzene rings is 2. The van der Waals surface area contributed by atoms with Crippen LogP contribution in [0.25, 0.3) is 6.08 Å². The van der Waals surface area contributed by atoms with E-state index in [1.807, 2.05) is 44.2 Å². The van der Waals surface area contributed by atoms with Crippen molar-refractivity contribution in [2.75, 3.05) is 23.8 Å². The lowest BCUT2D eigenvalue weighted by atomic mass is 9.96. The maximum absolute atomic E-state index is 13.0. The van der Waals surface area contributed by atoms with E-state index in [0.29, 0.717) is 44.4 Å². The Morgan fingerprint density at radius 3 is 2.55 bits per heavy atom. The van der Waals surface area contributed by atoms with Crippen molar-refractivity contribution < 1.29 is 19.1 Å². The molecule has 4 rings (SSSR count). The van der Waals surface area contributed by atoms with Gasteiger partial charge in [0.15, 0.2) is 18.1 Å². The van der Waals surface area contributed by atoms with Crippen LogP contribution in [0.5, 0.6) is 11.5 Å². The molecule has 0 fully saturated rings. The fourth-order valence-electron chi connectivity index (χ4n) is 4.30. The average Bonchev–Trinajstić information content (AvgIpc) is 3.29. The number of halogens is 1.